The van der Waals surface area contributed by atoms with E-state index in [2.05, 4.69) is 11.9 Å². The third kappa shape index (κ3) is 5.78. The largest absolute Gasteiger partial charge is 0.493 e. The second-order valence-electron chi connectivity index (χ2n) is 7.26. The molecule has 0 saturated heterocycles. The lowest BCUT2D eigenvalue weighted by atomic mass is 10.1. The van der Waals surface area contributed by atoms with E-state index < -0.39 is 11.6 Å². The number of halogens is 3. The Bertz CT molecular complexity index is 1070. The zero-order chi connectivity index (χ0) is 22.2. The summed E-state index contributed by atoms with van der Waals surface area (Å²) >= 11 is 0. The molecule has 31 heavy (non-hydrogen) atoms. The Morgan fingerprint density at radius 1 is 0.968 bits per heavy atom. The summed E-state index contributed by atoms with van der Waals surface area (Å²) in [7, 11) is 0. The summed E-state index contributed by atoms with van der Waals surface area (Å²) < 4.78 is 52.2. The van der Waals surface area contributed by atoms with Gasteiger partial charge in [-0.1, -0.05) is 25.5 Å². The predicted molar refractivity (Wildman–Crippen MR) is 117 cm³/mol. The molecule has 0 amide bonds. The first kappa shape index (κ1) is 22.7. The van der Waals surface area contributed by atoms with Gasteiger partial charge >= 0.3 is 0 Å². The fourth-order valence-corrected chi connectivity index (χ4v) is 3.17. The SMILES string of the molecule is CCCCOc1c(C)c(C=CCCCOc2ccc(F)cc2F)nc2c(F)cccc12. The monoisotopic (exact) mass is 429 g/mol. The molecular formula is C25H26F3NO2. The summed E-state index contributed by atoms with van der Waals surface area (Å²) in [5, 5.41) is 0.667. The lowest BCUT2D eigenvalue weighted by Crippen LogP contribution is -2.02. The van der Waals surface area contributed by atoms with Gasteiger partial charge in [0.2, 0.25) is 0 Å². The lowest BCUT2D eigenvalue weighted by Gasteiger charge is -2.14. The number of allylic oxidation sites excluding steroid dienone is 1. The molecule has 3 nitrogen and oxygen atoms in total. The smallest absolute Gasteiger partial charge is 0.167 e. The molecular weight excluding hydrogens is 403 g/mol. The number of aromatic nitrogens is 1. The highest BCUT2D eigenvalue weighted by Gasteiger charge is 2.14. The number of rotatable bonds is 10. The maximum atomic E-state index is 14.4. The molecule has 3 aromatic rings. The number of hydrogen-bond donors (Lipinski definition) is 0. The molecule has 0 fully saturated rings. The van der Waals surface area contributed by atoms with Crippen LogP contribution < -0.4 is 9.47 Å². The van der Waals surface area contributed by atoms with Gasteiger partial charge in [-0.25, -0.2) is 18.2 Å². The second kappa shape index (κ2) is 10.8. The van der Waals surface area contributed by atoms with Crippen molar-refractivity contribution in [2.75, 3.05) is 13.2 Å². The minimum Gasteiger partial charge on any atom is -0.493 e. The van der Waals surface area contributed by atoms with E-state index in [-0.39, 0.29) is 23.7 Å². The van der Waals surface area contributed by atoms with Gasteiger partial charge in [0.05, 0.1) is 18.9 Å². The van der Waals surface area contributed by atoms with Crippen LogP contribution >= 0.6 is 0 Å². The molecule has 0 aliphatic rings. The molecule has 0 spiro atoms. The highest BCUT2D eigenvalue weighted by Crippen LogP contribution is 2.32. The van der Waals surface area contributed by atoms with Gasteiger partial charge in [-0.15, -0.1) is 0 Å². The first-order chi connectivity index (χ1) is 15.0. The van der Waals surface area contributed by atoms with Gasteiger partial charge in [-0.3, -0.25) is 0 Å². The Hall–Kier alpha value is -3.02. The summed E-state index contributed by atoms with van der Waals surface area (Å²) in [4.78, 5) is 4.49. The maximum Gasteiger partial charge on any atom is 0.167 e. The van der Waals surface area contributed by atoms with Crippen LogP contribution in [-0.4, -0.2) is 18.2 Å². The van der Waals surface area contributed by atoms with Crippen LogP contribution in [0.4, 0.5) is 13.2 Å². The third-order valence-electron chi connectivity index (χ3n) is 4.88. The lowest BCUT2D eigenvalue weighted by molar-refractivity contribution is 0.295. The molecule has 6 heteroatoms. The van der Waals surface area contributed by atoms with Crippen molar-refractivity contribution >= 4 is 17.0 Å². The topological polar surface area (TPSA) is 31.4 Å². The highest BCUT2D eigenvalue weighted by atomic mass is 19.1. The van der Waals surface area contributed by atoms with Gasteiger partial charge in [-0.05, 0) is 56.5 Å². The fourth-order valence-electron chi connectivity index (χ4n) is 3.17. The van der Waals surface area contributed by atoms with Crippen LogP contribution in [0.1, 0.15) is 43.9 Å². The number of pyridine rings is 1. The molecule has 2 aromatic carbocycles. The average Bonchev–Trinajstić information content (AvgIpc) is 2.74. The van der Waals surface area contributed by atoms with Crippen molar-refractivity contribution in [3.05, 3.63) is 71.2 Å². The van der Waals surface area contributed by atoms with Crippen molar-refractivity contribution in [2.45, 2.75) is 39.5 Å². The van der Waals surface area contributed by atoms with Crippen molar-refractivity contribution in [1.82, 2.24) is 4.98 Å². The minimum atomic E-state index is -0.718. The van der Waals surface area contributed by atoms with Gasteiger partial charge in [0, 0.05) is 17.0 Å². The number of fused-ring (bicyclic) bond motifs is 1. The number of para-hydroxylation sites is 1. The van der Waals surface area contributed by atoms with E-state index in [1.807, 2.05) is 25.1 Å². The first-order valence-electron chi connectivity index (χ1n) is 10.5. The molecule has 0 bridgehead atoms. The molecule has 0 atom stereocenters. The number of ether oxygens (including phenoxy) is 2. The van der Waals surface area contributed by atoms with Crippen LogP contribution in [0.2, 0.25) is 0 Å². The quantitative estimate of drug-likeness (QED) is 0.325. The van der Waals surface area contributed by atoms with Crippen molar-refractivity contribution in [3.63, 3.8) is 0 Å². The summed E-state index contributed by atoms with van der Waals surface area (Å²) in [5.74, 6) is -1.05. The number of benzene rings is 2. The summed E-state index contributed by atoms with van der Waals surface area (Å²) in [6.07, 6.45) is 6.97. The minimum absolute atomic E-state index is 0.0294. The Morgan fingerprint density at radius 3 is 2.55 bits per heavy atom. The summed E-state index contributed by atoms with van der Waals surface area (Å²) in [6.45, 7) is 4.85. The van der Waals surface area contributed by atoms with Gasteiger partial charge in [0.25, 0.3) is 0 Å². The highest BCUT2D eigenvalue weighted by molar-refractivity contribution is 5.88. The molecule has 0 aliphatic carbocycles. The Morgan fingerprint density at radius 2 is 1.77 bits per heavy atom. The van der Waals surface area contributed by atoms with E-state index in [9.17, 15) is 13.2 Å². The Labute approximate surface area is 180 Å². The van der Waals surface area contributed by atoms with Crippen LogP contribution in [0, 0.1) is 24.4 Å². The molecule has 0 unspecified atom stereocenters. The van der Waals surface area contributed by atoms with E-state index in [0.717, 1.165) is 30.5 Å². The van der Waals surface area contributed by atoms with Gasteiger partial charge in [0.1, 0.15) is 22.9 Å². The van der Waals surface area contributed by atoms with Crippen molar-refractivity contribution in [2.24, 2.45) is 0 Å². The van der Waals surface area contributed by atoms with Crippen LogP contribution in [0.15, 0.2) is 42.5 Å². The van der Waals surface area contributed by atoms with Crippen LogP contribution in [0.25, 0.3) is 17.0 Å². The fraction of sp³-hybridized carbons (Fsp3) is 0.320. The second-order valence-corrected chi connectivity index (χ2v) is 7.26. The molecule has 0 saturated carbocycles. The molecule has 3 rings (SSSR count). The molecule has 0 aliphatic heterocycles. The van der Waals surface area contributed by atoms with Crippen LogP contribution in [0.3, 0.4) is 0 Å². The Kier molecular flexibility index (Phi) is 7.93. The van der Waals surface area contributed by atoms with Crippen LogP contribution in [-0.2, 0) is 0 Å². The van der Waals surface area contributed by atoms with Crippen molar-refractivity contribution < 1.29 is 22.6 Å². The van der Waals surface area contributed by atoms with Crippen LogP contribution in [0.5, 0.6) is 11.5 Å². The summed E-state index contributed by atoms with van der Waals surface area (Å²) in [5.41, 5.74) is 1.79. The van der Waals surface area contributed by atoms with Gasteiger partial charge in [-0.2, -0.15) is 0 Å². The van der Waals surface area contributed by atoms with E-state index in [1.54, 1.807) is 6.07 Å². The van der Waals surface area contributed by atoms with Gasteiger partial charge < -0.3 is 9.47 Å². The molecule has 1 aromatic heterocycles. The number of unbranched alkanes of at least 4 members (excludes halogenated alkanes) is 2. The molecule has 164 valence electrons. The zero-order valence-electron chi connectivity index (χ0n) is 17.8. The van der Waals surface area contributed by atoms with E-state index in [1.165, 1.54) is 12.1 Å². The van der Waals surface area contributed by atoms with Crippen molar-refractivity contribution in [1.29, 1.82) is 0 Å². The Balaban J connectivity index is 1.67. The normalized spacial score (nSPS) is 11.4. The van der Waals surface area contributed by atoms with E-state index in [4.69, 9.17) is 9.47 Å². The van der Waals surface area contributed by atoms with Gasteiger partial charge in [0.15, 0.2) is 11.6 Å². The number of hydrogen-bond acceptors (Lipinski definition) is 3. The van der Waals surface area contributed by atoms with E-state index >= 15 is 0 Å². The molecule has 0 N–H and O–H groups in total. The third-order valence-corrected chi connectivity index (χ3v) is 4.88. The predicted octanol–water partition coefficient (Wildman–Crippen LogP) is 7.01. The first-order valence-corrected chi connectivity index (χ1v) is 10.5. The average molecular weight is 429 g/mol. The van der Waals surface area contributed by atoms with Crippen molar-refractivity contribution in [3.8, 4) is 11.5 Å². The number of nitrogens with zero attached hydrogens (tertiary/aromatic N) is 1. The summed E-state index contributed by atoms with van der Waals surface area (Å²) in [6, 6.07) is 8.09. The molecule has 0 radical (unpaired) electrons. The zero-order valence-corrected chi connectivity index (χ0v) is 17.8. The maximum absolute atomic E-state index is 14.4. The molecule has 1 heterocycles. The van der Waals surface area contributed by atoms with E-state index in [0.29, 0.717) is 36.3 Å². The standard InChI is InChI=1S/C25H26F3NO2/c1-3-4-14-31-25-17(2)22(29-24-19(25)9-8-10-20(24)27)11-6-5-7-15-30-23-13-12-18(26)16-21(23)28/h6,8-13,16H,3-5,7,14-15H2,1-2H3.